The van der Waals surface area contributed by atoms with Crippen LogP contribution in [0.5, 0.6) is 0 Å². The van der Waals surface area contributed by atoms with Gasteiger partial charge in [0.15, 0.2) is 5.69 Å². The lowest BCUT2D eigenvalue weighted by Gasteiger charge is -2.35. The molecule has 0 radical (unpaired) electrons. The summed E-state index contributed by atoms with van der Waals surface area (Å²) >= 11 is 5.85. The highest BCUT2D eigenvalue weighted by atomic mass is 35.5. The Labute approximate surface area is 131 Å². The quantitative estimate of drug-likeness (QED) is 0.619. The Morgan fingerprint density at radius 1 is 1.33 bits per heavy atom. The van der Waals surface area contributed by atoms with Gasteiger partial charge in [0.05, 0.1) is 6.20 Å². The van der Waals surface area contributed by atoms with Gasteiger partial charge in [-0.25, -0.2) is 14.6 Å². The van der Waals surface area contributed by atoms with Crippen LogP contribution < -0.4 is 4.65 Å². The number of hydroxylamine groups is 2. The average Bonchev–Trinajstić information content (AvgIpc) is 2.87. The number of aromatic nitrogens is 1. The van der Waals surface area contributed by atoms with Crippen molar-refractivity contribution in [3.8, 4) is 0 Å². The van der Waals surface area contributed by atoms with E-state index in [1.807, 2.05) is 26.8 Å². The van der Waals surface area contributed by atoms with E-state index in [4.69, 9.17) is 16.4 Å². The number of hydrogen-bond acceptors (Lipinski definition) is 3. The third-order valence-corrected chi connectivity index (χ3v) is 4.23. The minimum atomic E-state index is -0.320. The van der Waals surface area contributed by atoms with Crippen molar-refractivity contribution in [3.63, 3.8) is 0 Å². The Morgan fingerprint density at radius 2 is 1.95 bits per heavy atom. The zero-order chi connectivity index (χ0) is 15.7. The fourth-order valence-electron chi connectivity index (χ4n) is 2.34. The Balaban J connectivity index is 2.23. The smallest absolute Gasteiger partial charge is 0.302 e. The number of carbonyl (C=O) groups excluding carboxylic acids is 1. The predicted octanol–water partition coefficient (Wildman–Crippen LogP) is 3.62. The molecular formula is C15H23ClN3O2+. The van der Waals surface area contributed by atoms with Crippen molar-refractivity contribution in [1.82, 2.24) is 14.5 Å². The van der Waals surface area contributed by atoms with E-state index in [0.717, 1.165) is 31.6 Å². The number of pyridine rings is 1. The fraction of sp³-hybridized carbons (Fsp3) is 0.600. The van der Waals surface area contributed by atoms with Gasteiger partial charge in [-0.1, -0.05) is 16.2 Å². The van der Waals surface area contributed by atoms with Crippen LogP contribution in [0, 0.1) is 0 Å². The molecule has 6 heteroatoms. The first kappa shape index (κ1) is 16.0. The summed E-state index contributed by atoms with van der Waals surface area (Å²) in [5, 5.41) is 0.439. The molecular weight excluding hydrogens is 290 g/mol. The summed E-state index contributed by atoms with van der Waals surface area (Å²) in [6.07, 6.45) is 3.42. The monoisotopic (exact) mass is 312 g/mol. The molecule has 0 unspecified atom stereocenters. The molecule has 2 heterocycles. The minimum absolute atomic E-state index is 0.198. The Morgan fingerprint density at radius 3 is 2.43 bits per heavy atom. The summed E-state index contributed by atoms with van der Waals surface area (Å²) in [7, 11) is 1.76. The lowest BCUT2D eigenvalue weighted by atomic mass is 10.1. The van der Waals surface area contributed by atoms with Crippen molar-refractivity contribution in [2.45, 2.75) is 39.2 Å². The van der Waals surface area contributed by atoms with Crippen molar-refractivity contribution in [3.05, 3.63) is 23.5 Å². The first-order valence-corrected chi connectivity index (χ1v) is 7.59. The molecule has 5 nitrogen and oxygen atoms in total. The second kappa shape index (κ2) is 5.81. The predicted molar refractivity (Wildman–Crippen MR) is 84.0 cm³/mol. The normalized spacial score (nSPS) is 17.6. The summed E-state index contributed by atoms with van der Waals surface area (Å²) < 4.78 is 0.198. The highest BCUT2D eigenvalue weighted by molar-refractivity contribution is 6.29. The van der Waals surface area contributed by atoms with E-state index < -0.39 is 0 Å². The van der Waals surface area contributed by atoms with Crippen LogP contribution in [0.1, 0.15) is 33.6 Å². The van der Waals surface area contributed by atoms with Gasteiger partial charge in [-0.2, -0.15) is 0 Å². The zero-order valence-electron chi connectivity index (χ0n) is 13.1. The van der Waals surface area contributed by atoms with Crippen molar-refractivity contribution >= 4 is 23.4 Å². The van der Waals surface area contributed by atoms with Gasteiger partial charge in [0.25, 0.3) is 0 Å². The maximum absolute atomic E-state index is 12.4. The molecule has 0 spiro atoms. The molecule has 1 aromatic rings. The zero-order valence-corrected chi connectivity index (χ0v) is 13.9. The number of nitrogens with zero attached hydrogens (tertiary/aromatic N) is 3. The van der Waals surface area contributed by atoms with Crippen LogP contribution in [-0.4, -0.2) is 41.7 Å². The van der Waals surface area contributed by atoms with Gasteiger partial charge in [-0.3, -0.25) is 0 Å². The number of rotatable bonds is 2. The summed E-state index contributed by atoms with van der Waals surface area (Å²) in [6.45, 7) is 7.48. The van der Waals surface area contributed by atoms with E-state index in [1.165, 1.54) is 0 Å². The molecule has 1 aliphatic heterocycles. The van der Waals surface area contributed by atoms with Crippen molar-refractivity contribution in [2.75, 3.05) is 20.1 Å². The molecule has 0 saturated carbocycles. The van der Waals surface area contributed by atoms with Crippen LogP contribution >= 0.6 is 11.6 Å². The van der Waals surface area contributed by atoms with Gasteiger partial charge < -0.3 is 4.90 Å². The molecule has 1 amide bonds. The van der Waals surface area contributed by atoms with E-state index in [9.17, 15) is 4.79 Å². The molecule has 0 N–H and O–H groups in total. The topological polar surface area (TPSA) is 42.4 Å². The molecule has 1 saturated heterocycles. The van der Waals surface area contributed by atoms with Crippen LogP contribution in [0.15, 0.2) is 18.3 Å². The average molecular weight is 313 g/mol. The molecule has 1 aromatic heterocycles. The standard InChI is InChI=1S/C15H23ClN3O2/c1-15(2,3)18(4)14(20)21-19(9-5-6-10-19)12-7-8-13(16)17-11-12/h7-8,11H,5-6,9-10H2,1-4H3/q+1. The molecule has 1 aliphatic rings. The largest absolute Gasteiger partial charge is 0.465 e. The van der Waals surface area contributed by atoms with E-state index >= 15 is 0 Å². The number of hydrogen-bond donors (Lipinski definition) is 0. The van der Waals surface area contributed by atoms with E-state index in [0.29, 0.717) is 5.15 Å². The van der Waals surface area contributed by atoms with Crippen LogP contribution in [0.25, 0.3) is 0 Å². The third kappa shape index (κ3) is 3.47. The number of halogens is 1. The number of amides is 1. The second-order valence-corrected chi connectivity index (χ2v) is 6.86. The molecule has 21 heavy (non-hydrogen) atoms. The van der Waals surface area contributed by atoms with Crippen LogP contribution in [0.3, 0.4) is 0 Å². The summed E-state index contributed by atoms with van der Waals surface area (Å²) in [6, 6.07) is 3.61. The molecule has 2 rings (SSSR count). The van der Waals surface area contributed by atoms with E-state index in [1.54, 1.807) is 24.2 Å². The van der Waals surface area contributed by atoms with Gasteiger partial charge in [0.2, 0.25) is 0 Å². The van der Waals surface area contributed by atoms with Gasteiger partial charge in [0, 0.05) is 31.5 Å². The number of quaternary nitrogens is 1. The maximum Gasteiger partial charge on any atom is 0.465 e. The fourth-order valence-corrected chi connectivity index (χ4v) is 2.45. The number of carbonyl (C=O) groups is 1. The molecule has 116 valence electrons. The third-order valence-electron chi connectivity index (χ3n) is 4.00. The maximum atomic E-state index is 12.4. The Hall–Kier alpha value is -1.33. The van der Waals surface area contributed by atoms with Crippen LogP contribution in [0.2, 0.25) is 5.15 Å². The van der Waals surface area contributed by atoms with Crippen molar-refractivity contribution < 1.29 is 9.63 Å². The lowest BCUT2D eigenvalue weighted by Crippen LogP contribution is -2.53. The highest BCUT2D eigenvalue weighted by Gasteiger charge is 2.42. The Bertz CT molecular complexity index is 505. The minimum Gasteiger partial charge on any atom is -0.302 e. The molecule has 0 atom stereocenters. The summed E-state index contributed by atoms with van der Waals surface area (Å²) in [5.74, 6) is 0. The first-order chi connectivity index (χ1) is 9.74. The lowest BCUT2D eigenvalue weighted by molar-refractivity contribution is -0.0906. The molecule has 0 aliphatic carbocycles. The van der Waals surface area contributed by atoms with Gasteiger partial charge in [-0.05, 0) is 26.8 Å². The molecule has 1 fully saturated rings. The highest BCUT2D eigenvalue weighted by Crippen LogP contribution is 2.31. The molecule has 0 bridgehead atoms. The summed E-state index contributed by atoms with van der Waals surface area (Å²) in [5.41, 5.74) is 0.589. The Kier molecular flexibility index (Phi) is 4.44. The van der Waals surface area contributed by atoms with E-state index in [-0.39, 0.29) is 16.3 Å². The van der Waals surface area contributed by atoms with Crippen LogP contribution in [0.4, 0.5) is 10.5 Å². The van der Waals surface area contributed by atoms with Gasteiger partial charge in [0.1, 0.15) is 18.2 Å². The SMILES string of the molecule is CN(C(=O)O[N+]1(c2ccc(Cl)nc2)CCCC1)C(C)(C)C. The molecule has 0 aromatic carbocycles. The first-order valence-electron chi connectivity index (χ1n) is 7.21. The van der Waals surface area contributed by atoms with E-state index in [2.05, 4.69) is 4.98 Å². The van der Waals surface area contributed by atoms with Crippen molar-refractivity contribution in [2.24, 2.45) is 0 Å². The summed E-state index contributed by atoms with van der Waals surface area (Å²) in [4.78, 5) is 24.0. The second-order valence-electron chi connectivity index (χ2n) is 6.47. The van der Waals surface area contributed by atoms with Gasteiger partial charge in [-0.15, -0.1) is 0 Å². The van der Waals surface area contributed by atoms with Crippen molar-refractivity contribution in [1.29, 1.82) is 0 Å². The van der Waals surface area contributed by atoms with Gasteiger partial charge >= 0.3 is 6.09 Å². The van der Waals surface area contributed by atoms with Crippen LogP contribution in [-0.2, 0) is 4.84 Å².